The molecule has 1 N–H and O–H groups in total. The van der Waals surface area contributed by atoms with Gasteiger partial charge in [0.25, 0.3) is 0 Å². The summed E-state index contributed by atoms with van der Waals surface area (Å²) in [6.45, 7) is 2.69. The van der Waals surface area contributed by atoms with Crippen LogP contribution < -0.4 is 10.1 Å². The Balaban J connectivity index is 1.40. The molecule has 0 saturated heterocycles. The van der Waals surface area contributed by atoms with Gasteiger partial charge in [-0.05, 0) is 42.3 Å². The van der Waals surface area contributed by atoms with Crippen molar-refractivity contribution in [3.63, 3.8) is 0 Å². The van der Waals surface area contributed by atoms with Crippen molar-refractivity contribution in [3.8, 4) is 16.9 Å². The fourth-order valence-corrected chi connectivity index (χ4v) is 4.62. The molecule has 0 unspecified atom stereocenters. The van der Waals surface area contributed by atoms with E-state index in [4.69, 9.17) is 4.74 Å². The van der Waals surface area contributed by atoms with Gasteiger partial charge < -0.3 is 10.1 Å². The van der Waals surface area contributed by atoms with Crippen LogP contribution in [0.5, 0.6) is 5.75 Å². The molecule has 0 spiro atoms. The number of thiophene rings is 1. The first-order valence-electron chi connectivity index (χ1n) is 10.1. The topological polar surface area (TPSA) is 47.0 Å². The van der Waals surface area contributed by atoms with E-state index in [1.807, 2.05) is 48.5 Å². The molecule has 0 saturated carbocycles. The molecule has 0 aliphatic carbocycles. The largest absolute Gasteiger partial charge is 0.489 e. The Morgan fingerprint density at radius 1 is 0.839 bits per heavy atom. The molecule has 31 heavy (non-hydrogen) atoms. The maximum Gasteiger partial charge on any atom is 0.143 e. The molecule has 5 heteroatoms. The standard InChI is InChI=1S/C26H21N3OS/c1-18-23(20-10-6-3-7-11-20)24-25(27-17-28-26(24)31-18)29-21-12-14-22(15-13-21)30-16-19-8-4-2-5-9-19/h2-15,17H,16H2,1H3,(H,27,28,29). The summed E-state index contributed by atoms with van der Waals surface area (Å²) in [6, 6.07) is 28.5. The fourth-order valence-electron chi connectivity index (χ4n) is 3.60. The SMILES string of the molecule is Cc1sc2ncnc(Nc3ccc(OCc4ccccc4)cc3)c2c1-c1ccccc1. The van der Waals surface area contributed by atoms with Crippen LogP contribution in [0.3, 0.4) is 0 Å². The number of fused-ring (bicyclic) bond motifs is 1. The minimum absolute atomic E-state index is 0.550. The minimum Gasteiger partial charge on any atom is -0.489 e. The monoisotopic (exact) mass is 423 g/mol. The van der Waals surface area contributed by atoms with Gasteiger partial charge >= 0.3 is 0 Å². The third kappa shape index (κ3) is 4.13. The summed E-state index contributed by atoms with van der Waals surface area (Å²) in [4.78, 5) is 11.3. The van der Waals surface area contributed by atoms with Crippen LogP contribution >= 0.6 is 11.3 Å². The summed E-state index contributed by atoms with van der Waals surface area (Å²) in [6.07, 6.45) is 1.62. The molecule has 0 aliphatic heterocycles. The van der Waals surface area contributed by atoms with E-state index in [0.29, 0.717) is 6.61 Å². The molecule has 0 bridgehead atoms. The number of aryl methyl sites for hydroxylation is 1. The van der Waals surface area contributed by atoms with Crippen LogP contribution in [-0.2, 0) is 6.61 Å². The normalized spacial score (nSPS) is 10.9. The smallest absolute Gasteiger partial charge is 0.143 e. The zero-order valence-corrected chi connectivity index (χ0v) is 17.9. The summed E-state index contributed by atoms with van der Waals surface area (Å²) in [5.41, 5.74) is 4.46. The van der Waals surface area contributed by atoms with E-state index in [1.165, 1.54) is 16.0 Å². The molecule has 2 aromatic heterocycles. The Hall–Kier alpha value is -3.70. The molecular weight excluding hydrogens is 402 g/mol. The molecular formula is C26H21N3OS. The van der Waals surface area contributed by atoms with E-state index in [0.717, 1.165) is 33.0 Å². The van der Waals surface area contributed by atoms with Crippen LogP contribution in [0.2, 0.25) is 0 Å². The molecule has 2 heterocycles. The van der Waals surface area contributed by atoms with E-state index < -0.39 is 0 Å². The second-order valence-corrected chi connectivity index (χ2v) is 8.43. The van der Waals surface area contributed by atoms with Crippen molar-refractivity contribution in [3.05, 3.63) is 102 Å². The molecule has 3 aromatic carbocycles. The lowest BCUT2D eigenvalue weighted by Gasteiger charge is -2.10. The van der Waals surface area contributed by atoms with Crippen molar-refractivity contribution in [1.29, 1.82) is 0 Å². The number of anilines is 2. The van der Waals surface area contributed by atoms with E-state index in [2.05, 4.69) is 58.6 Å². The average Bonchev–Trinajstić information content (AvgIpc) is 3.16. The van der Waals surface area contributed by atoms with Crippen molar-refractivity contribution in [2.24, 2.45) is 0 Å². The van der Waals surface area contributed by atoms with Gasteiger partial charge in [-0.2, -0.15) is 0 Å². The molecule has 0 atom stereocenters. The van der Waals surface area contributed by atoms with Gasteiger partial charge in [0.1, 0.15) is 29.3 Å². The van der Waals surface area contributed by atoms with E-state index in [9.17, 15) is 0 Å². The van der Waals surface area contributed by atoms with Crippen molar-refractivity contribution < 1.29 is 4.74 Å². The van der Waals surface area contributed by atoms with E-state index >= 15 is 0 Å². The summed E-state index contributed by atoms with van der Waals surface area (Å²) < 4.78 is 5.90. The molecule has 0 aliphatic rings. The number of hydrogen-bond donors (Lipinski definition) is 1. The van der Waals surface area contributed by atoms with Crippen molar-refractivity contribution in [2.45, 2.75) is 13.5 Å². The molecule has 4 nitrogen and oxygen atoms in total. The molecule has 0 radical (unpaired) electrons. The summed E-state index contributed by atoms with van der Waals surface area (Å²) in [5.74, 6) is 1.64. The number of ether oxygens (including phenoxy) is 1. The predicted molar refractivity (Wildman–Crippen MR) is 128 cm³/mol. The molecule has 152 valence electrons. The van der Waals surface area contributed by atoms with Gasteiger partial charge in [0.05, 0.1) is 5.39 Å². The van der Waals surface area contributed by atoms with Gasteiger partial charge in [-0.3, -0.25) is 0 Å². The number of rotatable bonds is 6. The van der Waals surface area contributed by atoms with E-state index in [-0.39, 0.29) is 0 Å². The first-order valence-corrected chi connectivity index (χ1v) is 10.9. The highest BCUT2D eigenvalue weighted by Crippen LogP contribution is 2.40. The van der Waals surface area contributed by atoms with E-state index in [1.54, 1.807) is 17.7 Å². The average molecular weight is 424 g/mol. The highest BCUT2D eigenvalue weighted by atomic mass is 32.1. The third-order valence-electron chi connectivity index (χ3n) is 5.09. The summed E-state index contributed by atoms with van der Waals surface area (Å²) in [7, 11) is 0. The van der Waals surface area contributed by atoms with Crippen LogP contribution in [0.1, 0.15) is 10.4 Å². The maximum atomic E-state index is 5.90. The van der Waals surface area contributed by atoms with Gasteiger partial charge in [0.15, 0.2) is 0 Å². The van der Waals surface area contributed by atoms with Crippen LogP contribution in [0.15, 0.2) is 91.3 Å². The summed E-state index contributed by atoms with van der Waals surface area (Å²) in [5, 5.41) is 4.53. The Morgan fingerprint density at radius 2 is 1.55 bits per heavy atom. The molecule has 0 fully saturated rings. The van der Waals surface area contributed by atoms with Crippen molar-refractivity contribution in [1.82, 2.24) is 9.97 Å². The summed E-state index contributed by atoms with van der Waals surface area (Å²) >= 11 is 1.69. The Morgan fingerprint density at radius 3 is 2.29 bits per heavy atom. The highest BCUT2D eigenvalue weighted by molar-refractivity contribution is 7.19. The number of hydrogen-bond acceptors (Lipinski definition) is 5. The Kier molecular flexibility index (Phi) is 5.33. The fraction of sp³-hybridized carbons (Fsp3) is 0.0769. The highest BCUT2D eigenvalue weighted by Gasteiger charge is 2.16. The number of nitrogens with one attached hydrogen (secondary N) is 1. The van der Waals surface area contributed by atoms with Crippen LogP contribution in [0.25, 0.3) is 21.3 Å². The molecule has 5 aromatic rings. The zero-order valence-electron chi connectivity index (χ0n) is 17.1. The number of nitrogens with zero attached hydrogens (tertiary/aromatic N) is 2. The van der Waals surface area contributed by atoms with Crippen LogP contribution in [-0.4, -0.2) is 9.97 Å². The van der Waals surface area contributed by atoms with Crippen LogP contribution in [0.4, 0.5) is 11.5 Å². The van der Waals surface area contributed by atoms with Crippen molar-refractivity contribution >= 4 is 33.1 Å². The third-order valence-corrected chi connectivity index (χ3v) is 6.11. The second-order valence-electron chi connectivity index (χ2n) is 7.23. The minimum atomic E-state index is 0.550. The van der Waals surface area contributed by atoms with Gasteiger partial charge in [-0.1, -0.05) is 60.7 Å². The first-order chi connectivity index (χ1) is 15.3. The van der Waals surface area contributed by atoms with Gasteiger partial charge in [0.2, 0.25) is 0 Å². The lowest BCUT2D eigenvalue weighted by atomic mass is 10.0. The van der Waals surface area contributed by atoms with Gasteiger partial charge in [-0.15, -0.1) is 11.3 Å². The number of aromatic nitrogens is 2. The van der Waals surface area contributed by atoms with Gasteiger partial charge in [0, 0.05) is 16.1 Å². The lowest BCUT2D eigenvalue weighted by Crippen LogP contribution is -1.97. The molecule has 5 rings (SSSR count). The Bertz CT molecular complexity index is 1300. The first kappa shape index (κ1) is 19.3. The predicted octanol–water partition coefficient (Wildman–Crippen LogP) is 6.99. The maximum absolute atomic E-state index is 5.90. The van der Waals surface area contributed by atoms with Gasteiger partial charge in [-0.25, -0.2) is 9.97 Å². The quantitative estimate of drug-likeness (QED) is 0.320. The number of benzene rings is 3. The van der Waals surface area contributed by atoms with Crippen molar-refractivity contribution in [2.75, 3.05) is 5.32 Å². The zero-order chi connectivity index (χ0) is 21.0. The van der Waals surface area contributed by atoms with Crippen LogP contribution in [0, 0.1) is 6.92 Å². The molecule has 0 amide bonds. The Labute approximate surface area is 185 Å². The lowest BCUT2D eigenvalue weighted by molar-refractivity contribution is 0.306. The second kappa shape index (κ2) is 8.58.